The van der Waals surface area contributed by atoms with Crippen molar-refractivity contribution in [3.05, 3.63) is 23.3 Å². The SMILES string of the molecule is CCOc1ccc(C(=O)CC)c(O)c1C(F)F. The van der Waals surface area contributed by atoms with Crippen LogP contribution in [0.1, 0.15) is 42.6 Å². The number of rotatable bonds is 5. The van der Waals surface area contributed by atoms with Gasteiger partial charge >= 0.3 is 0 Å². The molecule has 94 valence electrons. The fourth-order valence-electron chi connectivity index (χ4n) is 1.50. The molecule has 0 saturated heterocycles. The molecule has 5 heteroatoms. The highest BCUT2D eigenvalue weighted by Crippen LogP contribution is 2.39. The molecule has 0 radical (unpaired) electrons. The second-order valence-corrected chi connectivity index (χ2v) is 3.38. The van der Waals surface area contributed by atoms with Crippen LogP contribution in [0.5, 0.6) is 11.5 Å². The number of carbonyl (C=O) groups is 1. The largest absolute Gasteiger partial charge is 0.507 e. The van der Waals surface area contributed by atoms with Crippen molar-refractivity contribution in [2.45, 2.75) is 26.7 Å². The van der Waals surface area contributed by atoms with E-state index in [0.29, 0.717) is 0 Å². The number of benzene rings is 1. The third-order valence-corrected chi connectivity index (χ3v) is 2.32. The highest BCUT2D eigenvalue weighted by Gasteiger charge is 2.23. The first-order valence-electron chi connectivity index (χ1n) is 5.32. The van der Waals surface area contributed by atoms with E-state index in [4.69, 9.17) is 4.74 Å². The summed E-state index contributed by atoms with van der Waals surface area (Å²) in [6.07, 6.45) is -2.74. The molecular formula is C12H14F2O3. The summed E-state index contributed by atoms with van der Waals surface area (Å²) in [5.41, 5.74) is -0.711. The van der Waals surface area contributed by atoms with E-state index in [1.54, 1.807) is 13.8 Å². The average Bonchev–Trinajstić information content (AvgIpc) is 2.28. The van der Waals surface area contributed by atoms with Crippen LogP contribution in [0.4, 0.5) is 8.78 Å². The maximum atomic E-state index is 12.8. The van der Waals surface area contributed by atoms with Crippen LogP contribution in [0.25, 0.3) is 0 Å². The van der Waals surface area contributed by atoms with Crippen molar-refractivity contribution < 1.29 is 23.4 Å². The van der Waals surface area contributed by atoms with Crippen molar-refractivity contribution in [2.75, 3.05) is 6.61 Å². The number of phenolic OH excluding ortho intramolecular Hbond substituents is 1. The molecule has 0 bridgehead atoms. The zero-order valence-electron chi connectivity index (χ0n) is 9.67. The van der Waals surface area contributed by atoms with E-state index in [2.05, 4.69) is 0 Å². The molecule has 17 heavy (non-hydrogen) atoms. The molecule has 0 saturated carbocycles. The third-order valence-electron chi connectivity index (χ3n) is 2.32. The summed E-state index contributed by atoms with van der Waals surface area (Å²) >= 11 is 0. The first kappa shape index (κ1) is 13.4. The van der Waals surface area contributed by atoms with Crippen LogP contribution in [0, 0.1) is 0 Å². The minimum atomic E-state index is -2.89. The fourth-order valence-corrected chi connectivity index (χ4v) is 1.50. The van der Waals surface area contributed by atoms with Crippen LogP contribution in [0.15, 0.2) is 12.1 Å². The molecule has 0 aliphatic carbocycles. The van der Waals surface area contributed by atoms with E-state index in [1.165, 1.54) is 12.1 Å². The van der Waals surface area contributed by atoms with Gasteiger partial charge in [0, 0.05) is 6.42 Å². The van der Waals surface area contributed by atoms with Gasteiger partial charge in [-0.1, -0.05) is 6.92 Å². The Hall–Kier alpha value is -1.65. The van der Waals surface area contributed by atoms with Gasteiger partial charge in [0.2, 0.25) is 0 Å². The quantitative estimate of drug-likeness (QED) is 0.808. The van der Waals surface area contributed by atoms with Gasteiger partial charge < -0.3 is 9.84 Å². The lowest BCUT2D eigenvalue weighted by Gasteiger charge is -2.13. The zero-order valence-corrected chi connectivity index (χ0v) is 9.67. The Morgan fingerprint density at radius 2 is 2.06 bits per heavy atom. The first-order valence-corrected chi connectivity index (χ1v) is 5.32. The Bertz CT molecular complexity index is 416. The van der Waals surface area contributed by atoms with Crippen molar-refractivity contribution >= 4 is 5.78 Å². The number of carbonyl (C=O) groups excluding carboxylic acids is 1. The number of hydrogen-bond acceptors (Lipinski definition) is 3. The highest BCUT2D eigenvalue weighted by molar-refractivity contribution is 5.99. The van der Waals surface area contributed by atoms with Gasteiger partial charge in [-0.2, -0.15) is 0 Å². The summed E-state index contributed by atoms with van der Waals surface area (Å²) in [6, 6.07) is 2.59. The van der Waals surface area contributed by atoms with Gasteiger partial charge in [-0.3, -0.25) is 4.79 Å². The maximum Gasteiger partial charge on any atom is 0.271 e. The lowest BCUT2D eigenvalue weighted by Crippen LogP contribution is -2.03. The molecule has 0 unspecified atom stereocenters. The Labute approximate surface area is 98.0 Å². The molecule has 1 aromatic rings. The Kier molecular flexibility index (Phi) is 4.43. The van der Waals surface area contributed by atoms with Crippen LogP contribution in [0.3, 0.4) is 0 Å². The molecule has 1 N–H and O–H groups in total. The molecule has 0 aliphatic heterocycles. The second-order valence-electron chi connectivity index (χ2n) is 3.38. The van der Waals surface area contributed by atoms with Crippen molar-refractivity contribution in [3.8, 4) is 11.5 Å². The summed E-state index contributed by atoms with van der Waals surface area (Å²) in [4.78, 5) is 11.4. The number of Topliss-reactive ketones (excluding diaryl/α,β-unsaturated/α-hetero) is 1. The Balaban J connectivity index is 3.33. The number of halogens is 2. The van der Waals surface area contributed by atoms with Gasteiger partial charge in [-0.25, -0.2) is 8.78 Å². The number of ketones is 1. The van der Waals surface area contributed by atoms with E-state index in [9.17, 15) is 18.7 Å². The highest BCUT2D eigenvalue weighted by atomic mass is 19.3. The molecule has 0 heterocycles. The monoisotopic (exact) mass is 244 g/mol. The fraction of sp³-hybridized carbons (Fsp3) is 0.417. The number of hydrogen-bond donors (Lipinski definition) is 1. The molecule has 0 atom stereocenters. The van der Waals surface area contributed by atoms with Gasteiger partial charge in [0.15, 0.2) is 5.78 Å². The molecule has 0 fully saturated rings. The predicted octanol–water partition coefficient (Wildman–Crippen LogP) is 3.32. The van der Waals surface area contributed by atoms with E-state index >= 15 is 0 Å². The second kappa shape index (κ2) is 5.61. The summed E-state index contributed by atoms with van der Waals surface area (Å²) in [5.74, 6) is -1.15. The molecule has 1 aromatic carbocycles. The van der Waals surface area contributed by atoms with Crippen LogP contribution < -0.4 is 4.74 Å². The molecular weight excluding hydrogens is 230 g/mol. The molecule has 0 aliphatic rings. The van der Waals surface area contributed by atoms with Gasteiger partial charge in [0.25, 0.3) is 6.43 Å². The number of ether oxygens (including phenoxy) is 1. The zero-order chi connectivity index (χ0) is 13.0. The number of phenols is 1. The topological polar surface area (TPSA) is 46.5 Å². The molecule has 1 rings (SSSR count). The van der Waals surface area contributed by atoms with E-state index in [-0.39, 0.29) is 30.1 Å². The molecule has 3 nitrogen and oxygen atoms in total. The van der Waals surface area contributed by atoms with E-state index < -0.39 is 17.7 Å². The van der Waals surface area contributed by atoms with Crippen LogP contribution >= 0.6 is 0 Å². The van der Waals surface area contributed by atoms with Gasteiger partial charge in [0.1, 0.15) is 17.1 Å². The van der Waals surface area contributed by atoms with E-state index in [0.717, 1.165) is 0 Å². The summed E-state index contributed by atoms with van der Waals surface area (Å²) in [6.45, 7) is 3.46. The number of aromatic hydroxyl groups is 1. The van der Waals surface area contributed by atoms with Crippen molar-refractivity contribution in [1.82, 2.24) is 0 Å². The normalized spacial score (nSPS) is 10.6. The van der Waals surface area contributed by atoms with Gasteiger partial charge in [-0.05, 0) is 19.1 Å². The van der Waals surface area contributed by atoms with Crippen molar-refractivity contribution in [3.63, 3.8) is 0 Å². The first-order chi connectivity index (χ1) is 8.02. The van der Waals surface area contributed by atoms with Crippen molar-refractivity contribution in [2.24, 2.45) is 0 Å². The smallest absolute Gasteiger partial charge is 0.271 e. The summed E-state index contributed by atoms with van der Waals surface area (Å²) in [7, 11) is 0. The molecule has 0 amide bonds. The van der Waals surface area contributed by atoms with Gasteiger partial charge in [-0.15, -0.1) is 0 Å². The Morgan fingerprint density at radius 3 is 2.53 bits per heavy atom. The van der Waals surface area contributed by atoms with Crippen LogP contribution in [0.2, 0.25) is 0 Å². The standard InChI is InChI=1S/C12H14F2O3/c1-3-8(15)7-5-6-9(17-4-2)10(11(7)16)12(13)14/h5-6,12,16H,3-4H2,1-2H3. The molecule has 0 spiro atoms. The summed E-state index contributed by atoms with van der Waals surface area (Å²) < 4.78 is 30.6. The van der Waals surface area contributed by atoms with Crippen LogP contribution in [-0.2, 0) is 0 Å². The Morgan fingerprint density at radius 1 is 1.41 bits per heavy atom. The lowest BCUT2D eigenvalue weighted by atomic mass is 10.0. The predicted molar refractivity (Wildman–Crippen MR) is 58.9 cm³/mol. The minimum Gasteiger partial charge on any atom is -0.507 e. The lowest BCUT2D eigenvalue weighted by molar-refractivity contribution is 0.0984. The maximum absolute atomic E-state index is 12.8. The van der Waals surface area contributed by atoms with Crippen molar-refractivity contribution in [1.29, 1.82) is 0 Å². The number of alkyl halides is 2. The summed E-state index contributed by atoms with van der Waals surface area (Å²) in [5, 5.41) is 9.69. The van der Waals surface area contributed by atoms with E-state index in [1.807, 2.05) is 0 Å². The third kappa shape index (κ3) is 2.72. The molecule has 0 aromatic heterocycles. The van der Waals surface area contributed by atoms with Gasteiger partial charge in [0.05, 0.1) is 12.2 Å². The average molecular weight is 244 g/mol. The van der Waals surface area contributed by atoms with Crippen LogP contribution in [-0.4, -0.2) is 17.5 Å². The minimum absolute atomic E-state index is 0.0901.